The van der Waals surface area contributed by atoms with Crippen LogP contribution in [0.2, 0.25) is 0 Å². The Morgan fingerprint density at radius 1 is 1.30 bits per heavy atom. The summed E-state index contributed by atoms with van der Waals surface area (Å²) in [4.78, 5) is 22.8. The molecule has 1 amide bonds. The van der Waals surface area contributed by atoms with Crippen LogP contribution in [0.25, 0.3) is 0 Å². The van der Waals surface area contributed by atoms with Gasteiger partial charge in [-0.1, -0.05) is 26.3 Å². The number of halogens is 2. The summed E-state index contributed by atoms with van der Waals surface area (Å²) in [5.41, 5.74) is 0.287. The number of carboxylic acid groups (broad SMARTS) is 1. The Balaban J connectivity index is 2.70. The Hall–Kier alpha value is -1.98. The van der Waals surface area contributed by atoms with Crippen molar-refractivity contribution in [3.05, 3.63) is 35.4 Å². The zero-order chi connectivity index (χ0) is 15.3. The second-order valence-corrected chi connectivity index (χ2v) is 4.69. The molecule has 2 unspecified atom stereocenters. The quantitative estimate of drug-likeness (QED) is 0.841. The van der Waals surface area contributed by atoms with E-state index < -0.39 is 29.6 Å². The lowest BCUT2D eigenvalue weighted by Crippen LogP contribution is -2.45. The molecule has 2 N–H and O–H groups in total. The summed E-state index contributed by atoms with van der Waals surface area (Å²) in [5.74, 6) is -3.90. The van der Waals surface area contributed by atoms with Crippen molar-refractivity contribution in [3.8, 4) is 0 Å². The first-order valence-corrected chi connectivity index (χ1v) is 6.31. The molecule has 1 rings (SSSR count). The van der Waals surface area contributed by atoms with E-state index >= 15 is 0 Å². The first-order chi connectivity index (χ1) is 9.35. The van der Waals surface area contributed by atoms with Crippen molar-refractivity contribution in [1.82, 2.24) is 5.32 Å². The summed E-state index contributed by atoms with van der Waals surface area (Å²) in [6, 6.07) is 2.16. The van der Waals surface area contributed by atoms with Crippen molar-refractivity contribution in [2.24, 2.45) is 5.92 Å². The topological polar surface area (TPSA) is 66.4 Å². The molecule has 0 heterocycles. The Kier molecular flexibility index (Phi) is 5.61. The highest BCUT2D eigenvalue weighted by atomic mass is 19.2. The third-order valence-electron chi connectivity index (χ3n) is 3.14. The zero-order valence-electron chi connectivity index (χ0n) is 11.3. The first kappa shape index (κ1) is 16.1. The van der Waals surface area contributed by atoms with Crippen LogP contribution in [0.5, 0.6) is 0 Å². The SMILES string of the molecule is CCC(C)C(NC(=O)Cc1ccc(F)c(F)c1)C(=O)O. The van der Waals surface area contributed by atoms with Gasteiger partial charge < -0.3 is 10.4 Å². The third kappa shape index (κ3) is 4.29. The minimum atomic E-state index is -1.11. The van der Waals surface area contributed by atoms with Gasteiger partial charge in [-0.15, -0.1) is 0 Å². The molecule has 1 aromatic rings. The van der Waals surface area contributed by atoms with Gasteiger partial charge in [0.15, 0.2) is 11.6 Å². The van der Waals surface area contributed by atoms with Gasteiger partial charge in [-0.2, -0.15) is 0 Å². The van der Waals surface area contributed by atoms with Gasteiger partial charge in [0.25, 0.3) is 0 Å². The number of benzene rings is 1. The number of nitrogens with one attached hydrogen (secondary N) is 1. The normalized spacial score (nSPS) is 13.6. The van der Waals surface area contributed by atoms with Crippen molar-refractivity contribution in [1.29, 1.82) is 0 Å². The van der Waals surface area contributed by atoms with Gasteiger partial charge in [-0.05, 0) is 23.6 Å². The minimum absolute atomic E-state index is 0.197. The maximum absolute atomic E-state index is 13.0. The average molecular weight is 285 g/mol. The van der Waals surface area contributed by atoms with Gasteiger partial charge in [-0.3, -0.25) is 4.79 Å². The van der Waals surface area contributed by atoms with Crippen LogP contribution in [0.4, 0.5) is 8.78 Å². The van der Waals surface area contributed by atoms with Crippen LogP contribution in [0, 0.1) is 17.6 Å². The second-order valence-electron chi connectivity index (χ2n) is 4.69. The molecule has 1 aromatic carbocycles. The number of carbonyl (C=O) groups excluding carboxylic acids is 1. The van der Waals surface area contributed by atoms with Crippen molar-refractivity contribution in [2.75, 3.05) is 0 Å². The molecule has 0 aliphatic carbocycles. The third-order valence-corrected chi connectivity index (χ3v) is 3.14. The standard InChI is InChI=1S/C14H17F2NO3/c1-3-8(2)13(14(19)20)17-12(18)7-9-4-5-10(15)11(16)6-9/h4-6,8,13H,3,7H2,1-2H3,(H,17,18)(H,19,20). The number of hydrogen-bond donors (Lipinski definition) is 2. The van der Waals surface area contributed by atoms with E-state index in [2.05, 4.69) is 5.32 Å². The molecule has 110 valence electrons. The first-order valence-electron chi connectivity index (χ1n) is 6.31. The fraction of sp³-hybridized carbons (Fsp3) is 0.429. The Labute approximate surface area is 115 Å². The number of aliphatic carboxylic acids is 1. The molecule has 0 spiro atoms. The van der Waals surface area contributed by atoms with E-state index in [1.54, 1.807) is 6.92 Å². The van der Waals surface area contributed by atoms with E-state index in [0.717, 1.165) is 12.1 Å². The lowest BCUT2D eigenvalue weighted by Gasteiger charge is -2.20. The molecular weight excluding hydrogens is 268 g/mol. The second kappa shape index (κ2) is 6.98. The molecule has 0 fully saturated rings. The molecule has 4 nitrogen and oxygen atoms in total. The van der Waals surface area contributed by atoms with Gasteiger partial charge >= 0.3 is 5.97 Å². The molecule has 2 atom stereocenters. The predicted octanol–water partition coefficient (Wildman–Crippen LogP) is 2.12. The molecule has 0 aliphatic heterocycles. The predicted molar refractivity (Wildman–Crippen MR) is 69.1 cm³/mol. The van der Waals surface area contributed by atoms with Crippen molar-refractivity contribution in [2.45, 2.75) is 32.7 Å². The van der Waals surface area contributed by atoms with Crippen LogP contribution >= 0.6 is 0 Å². The maximum Gasteiger partial charge on any atom is 0.326 e. The van der Waals surface area contributed by atoms with Crippen molar-refractivity contribution in [3.63, 3.8) is 0 Å². The number of carbonyl (C=O) groups is 2. The summed E-state index contributed by atoms with van der Waals surface area (Å²) in [6.45, 7) is 3.54. The highest BCUT2D eigenvalue weighted by molar-refractivity contribution is 5.85. The molecule has 6 heteroatoms. The van der Waals surface area contributed by atoms with Gasteiger partial charge in [0, 0.05) is 0 Å². The summed E-state index contributed by atoms with van der Waals surface area (Å²) in [6.07, 6.45) is 0.403. The number of carboxylic acids is 1. The van der Waals surface area contributed by atoms with Gasteiger partial charge in [0.2, 0.25) is 5.91 Å². The van der Waals surface area contributed by atoms with E-state index in [-0.39, 0.29) is 17.9 Å². The fourth-order valence-corrected chi connectivity index (χ4v) is 1.74. The molecule has 0 saturated heterocycles. The van der Waals surface area contributed by atoms with E-state index in [9.17, 15) is 18.4 Å². The summed E-state index contributed by atoms with van der Waals surface area (Å²) < 4.78 is 25.8. The highest BCUT2D eigenvalue weighted by Crippen LogP contribution is 2.11. The molecule has 0 bridgehead atoms. The Bertz CT molecular complexity index is 505. The van der Waals surface area contributed by atoms with Crippen molar-refractivity contribution >= 4 is 11.9 Å². The molecule has 0 radical (unpaired) electrons. The summed E-state index contributed by atoms with van der Waals surface area (Å²) in [5, 5.41) is 11.4. The Morgan fingerprint density at radius 2 is 1.95 bits per heavy atom. The summed E-state index contributed by atoms with van der Waals surface area (Å²) >= 11 is 0. The van der Waals surface area contributed by atoms with Crippen LogP contribution in [-0.4, -0.2) is 23.0 Å². The van der Waals surface area contributed by atoms with E-state index in [1.807, 2.05) is 6.92 Å². The van der Waals surface area contributed by atoms with Crippen LogP contribution in [0.3, 0.4) is 0 Å². The largest absolute Gasteiger partial charge is 0.480 e. The number of hydrogen-bond acceptors (Lipinski definition) is 2. The smallest absolute Gasteiger partial charge is 0.326 e. The molecular formula is C14H17F2NO3. The molecule has 0 aliphatic rings. The molecule has 0 saturated carbocycles. The Morgan fingerprint density at radius 3 is 2.45 bits per heavy atom. The number of amides is 1. The maximum atomic E-state index is 13.0. The average Bonchev–Trinajstić information content (AvgIpc) is 2.39. The highest BCUT2D eigenvalue weighted by Gasteiger charge is 2.25. The van der Waals surface area contributed by atoms with E-state index in [1.165, 1.54) is 6.07 Å². The van der Waals surface area contributed by atoms with E-state index in [0.29, 0.717) is 6.42 Å². The van der Waals surface area contributed by atoms with Crippen LogP contribution in [-0.2, 0) is 16.0 Å². The number of rotatable bonds is 6. The monoisotopic (exact) mass is 285 g/mol. The van der Waals surface area contributed by atoms with Crippen LogP contribution < -0.4 is 5.32 Å². The van der Waals surface area contributed by atoms with Gasteiger partial charge in [0.05, 0.1) is 6.42 Å². The zero-order valence-corrected chi connectivity index (χ0v) is 11.3. The fourth-order valence-electron chi connectivity index (χ4n) is 1.74. The molecule has 20 heavy (non-hydrogen) atoms. The van der Waals surface area contributed by atoms with Crippen LogP contribution in [0.1, 0.15) is 25.8 Å². The lowest BCUT2D eigenvalue weighted by atomic mass is 9.99. The molecule has 0 aromatic heterocycles. The van der Waals surface area contributed by atoms with Crippen molar-refractivity contribution < 1.29 is 23.5 Å². The minimum Gasteiger partial charge on any atom is -0.480 e. The van der Waals surface area contributed by atoms with E-state index in [4.69, 9.17) is 5.11 Å². The lowest BCUT2D eigenvalue weighted by molar-refractivity contribution is -0.143. The van der Waals surface area contributed by atoms with Gasteiger partial charge in [0.1, 0.15) is 6.04 Å². The summed E-state index contributed by atoms with van der Waals surface area (Å²) in [7, 11) is 0. The van der Waals surface area contributed by atoms with Crippen LogP contribution in [0.15, 0.2) is 18.2 Å². The van der Waals surface area contributed by atoms with Gasteiger partial charge in [-0.25, -0.2) is 13.6 Å².